The van der Waals surface area contributed by atoms with Gasteiger partial charge in [0.05, 0.1) is 4.88 Å². The number of hydrogen-bond donors (Lipinski definition) is 2. The van der Waals surface area contributed by atoms with Crippen LogP contribution in [0.25, 0.3) is 10.1 Å². The molecule has 1 aliphatic rings. The summed E-state index contributed by atoms with van der Waals surface area (Å²) in [5.74, 6) is 0.688. The van der Waals surface area contributed by atoms with Crippen molar-refractivity contribution in [3.63, 3.8) is 0 Å². The van der Waals surface area contributed by atoms with Crippen molar-refractivity contribution in [2.45, 2.75) is 38.6 Å². The largest absolute Gasteiger partial charge is 0.399 e. The fraction of sp³-hybridized carbons (Fsp3) is 0.438. The Kier molecular flexibility index (Phi) is 3.66. The van der Waals surface area contributed by atoms with Gasteiger partial charge in [-0.15, -0.1) is 11.3 Å². The summed E-state index contributed by atoms with van der Waals surface area (Å²) in [5, 5.41) is 4.20. The first kappa shape index (κ1) is 13.4. The first-order valence-corrected chi connectivity index (χ1v) is 8.05. The van der Waals surface area contributed by atoms with Gasteiger partial charge in [0.1, 0.15) is 0 Å². The lowest BCUT2D eigenvalue weighted by molar-refractivity contribution is 0.0931. The van der Waals surface area contributed by atoms with Crippen LogP contribution in [0.2, 0.25) is 0 Å². The minimum absolute atomic E-state index is 0.0455. The smallest absolute Gasteiger partial charge is 0.261 e. The van der Waals surface area contributed by atoms with Crippen LogP contribution < -0.4 is 11.1 Å². The number of anilines is 1. The molecule has 0 spiro atoms. The summed E-state index contributed by atoms with van der Waals surface area (Å²) in [6.07, 6.45) is 5.08. The maximum atomic E-state index is 12.3. The van der Waals surface area contributed by atoms with Crippen molar-refractivity contribution in [1.29, 1.82) is 0 Å². The molecule has 1 atom stereocenters. The molecule has 1 fully saturated rings. The van der Waals surface area contributed by atoms with Gasteiger partial charge >= 0.3 is 0 Å². The number of carbonyl (C=O) groups is 1. The van der Waals surface area contributed by atoms with Gasteiger partial charge in [0, 0.05) is 16.4 Å². The van der Waals surface area contributed by atoms with E-state index >= 15 is 0 Å². The summed E-state index contributed by atoms with van der Waals surface area (Å²) < 4.78 is 1.11. The lowest BCUT2D eigenvalue weighted by Crippen LogP contribution is -2.36. The van der Waals surface area contributed by atoms with E-state index in [1.54, 1.807) is 0 Å². The highest BCUT2D eigenvalue weighted by Crippen LogP contribution is 2.29. The van der Waals surface area contributed by atoms with Crippen molar-refractivity contribution in [1.82, 2.24) is 5.32 Å². The Morgan fingerprint density at radius 3 is 2.85 bits per heavy atom. The lowest BCUT2D eigenvalue weighted by Gasteiger charge is -2.19. The van der Waals surface area contributed by atoms with Crippen molar-refractivity contribution < 1.29 is 4.79 Å². The average Bonchev–Trinajstić information content (AvgIpc) is 3.07. The monoisotopic (exact) mass is 288 g/mol. The van der Waals surface area contributed by atoms with Crippen LogP contribution in [0, 0.1) is 5.92 Å². The van der Waals surface area contributed by atoms with Crippen LogP contribution in [0.3, 0.4) is 0 Å². The summed E-state index contributed by atoms with van der Waals surface area (Å²) in [6.45, 7) is 2.12. The molecule has 106 valence electrons. The van der Waals surface area contributed by atoms with Gasteiger partial charge in [0.15, 0.2) is 0 Å². The van der Waals surface area contributed by atoms with Crippen molar-refractivity contribution in [2.75, 3.05) is 5.73 Å². The van der Waals surface area contributed by atoms with Crippen molar-refractivity contribution in [3.05, 3.63) is 29.1 Å². The fourth-order valence-corrected chi connectivity index (χ4v) is 3.97. The highest BCUT2D eigenvalue weighted by Gasteiger charge is 2.23. The molecule has 1 aromatic carbocycles. The van der Waals surface area contributed by atoms with E-state index in [1.165, 1.54) is 37.0 Å². The Morgan fingerprint density at radius 1 is 1.35 bits per heavy atom. The molecule has 0 radical (unpaired) electrons. The Bertz CT molecular complexity index is 628. The Balaban J connectivity index is 1.74. The van der Waals surface area contributed by atoms with Gasteiger partial charge in [-0.25, -0.2) is 0 Å². The normalized spacial score (nSPS) is 17.4. The van der Waals surface area contributed by atoms with Gasteiger partial charge in [0.25, 0.3) is 5.91 Å². The predicted molar refractivity (Wildman–Crippen MR) is 85.1 cm³/mol. The van der Waals surface area contributed by atoms with Crippen LogP contribution in [-0.2, 0) is 0 Å². The summed E-state index contributed by atoms with van der Waals surface area (Å²) >= 11 is 1.53. The third-order valence-electron chi connectivity index (χ3n) is 4.23. The second kappa shape index (κ2) is 5.44. The van der Waals surface area contributed by atoms with Crippen LogP contribution >= 0.6 is 11.3 Å². The van der Waals surface area contributed by atoms with E-state index in [4.69, 9.17) is 5.73 Å². The Labute approximate surface area is 123 Å². The fourth-order valence-electron chi connectivity index (χ4n) is 3.03. The molecular formula is C16H20N2OS. The second-order valence-electron chi connectivity index (χ2n) is 5.71. The van der Waals surface area contributed by atoms with E-state index in [1.807, 2.05) is 24.3 Å². The number of rotatable bonds is 3. The minimum atomic E-state index is 0.0455. The minimum Gasteiger partial charge on any atom is -0.399 e. The molecule has 1 saturated carbocycles. The molecule has 3 nitrogen and oxygen atoms in total. The molecule has 20 heavy (non-hydrogen) atoms. The quantitative estimate of drug-likeness (QED) is 0.844. The molecule has 1 amide bonds. The summed E-state index contributed by atoms with van der Waals surface area (Å²) in [4.78, 5) is 13.1. The van der Waals surface area contributed by atoms with Crippen LogP contribution in [0.5, 0.6) is 0 Å². The lowest BCUT2D eigenvalue weighted by atomic mass is 10.00. The summed E-state index contributed by atoms with van der Waals surface area (Å²) in [7, 11) is 0. The first-order chi connectivity index (χ1) is 9.63. The highest BCUT2D eigenvalue weighted by molar-refractivity contribution is 7.20. The van der Waals surface area contributed by atoms with Gasteiger partial charge < -0.3 is 11.1 Å². The van der Waals surface area contributed by atoms with Crippen molar-refractivity contribution in [2.24, 2.45) is 5.92 Å². The van der Waals surface area contributed by atoms with Gasteiger partial charge in [-0.05, 0) is 55.3 Å². The van der Waals surface area contributed by atoms with E-state index in [0.29, 0.717) is 5.92 Å². The van der Waals surface area contributed by atoms with Gasteiger partial charge in [-0.1, -0.05) is 12.8 Å². The third-order valence-corrected chi connectivity index (χ3v) is 5.34. The number of nitrogens with two attached hydrogens (primary N) is 1. The van der Waals surface area contributed by atoms with Crippen LogP contribution in [0.15, 0.2) is 24.3 Å². The van der Waals surface area contributed by atoms with E-state index in [2.05, 4.69) is 12.2 Å². The molecule has 2 aromatic rings. The zero-order valence-corrected chi connectivity index (χ0v) is 12.5. The van der Waals surface area contributed by atoms with E-state index in [9.17, 15) is 4.79 Å². The molecule has 0 saturated heterocycles. The van der Waals surface area contributed by atoms with Crippen LogP contribution in [0.4, 0.5) is 5.69 Å². The number of carbonyl (C=O) groups excluding carboxylic acids is 1. The van der Waals surface area contributed by atoms with Gasteiger partial charge in [-0.3, -0.25) is 4.79 Å². The molecular weight excluding hydrogens is 268 g/mol. The standard InChI is InChI=1S/C16H20N2OS/c1-10(11-4-2-3-5-11)18-16(19)15-9-12-8-13(17)6-7-14(12)20-15/h6-11H,2-5,17H2,1H3,(H,18,19). The maximum absolute atomic E-state index is 12.3. The SMILES string of the molecule is CC(NC(=O)c1cc2cc(N)ccc2s1)C1CCCC1. The number of nitrogen functional groups attached to an aromatic ring is 1. The van der Waals surface area contributed by atoms with Crippen molar-refractivity contribution in [3.8, 4) is 0 Å². The number of hydrogen-bond acceptors (Lipinski definition) is 3. The number of nitrogens with one attached hydrogen (secondary N) is 1. The molecule has 1 aliphatic carbocycles. The Morgan fingerprint density at radius 2 is 2.10 bits per heavy atom. The van der Waals surface area contributed by atoms with Crippen LogP contribution in [0.1, 0.15) is 42.3 Å². The van der Waals surface area contributed by atoms with E-state index in [-0.39, 0.29) is 11.9 Å². The third kappa shape index (κ3) is 2.66. The number of amides is 1. The van der Waals surface area contributed by atoms with Crippen LogP contribution in [-0.4, -0.2) is 11.9 Å². The Hall–Kier alpha value is -1.55. The molecule has 1 unspecified atom stereocenters. The molecule has 0 bridgehead atoms. The van der Waals surface area contributed by atoms with E-state index < -0.39 is 0 Å². The van der Waals surface area contributed by atoms with Gasteiger partial charge in [-0.2, -0.15) is 0 Å². The maximum Gasteiger partial charge on any atom is 0.261 e. The number of thiophene rings is 1. The molecule has 4 heteroatoms. The predicted octanol–water partition coefficient (Wildman–Crippen LogP) is 3.79. The number of fused-ring (bicyclic) bond motifs is 1. The zero-order valence-electron chi connectivity index (χ0n) is 11.7. The summed E-state index contributed by atoms with van der Waals surface area (Å²) in [5.41, 5.74) is 6.51. The summed E-state index contributed by atoms with van der Waals surface area (Å²) in [6, 6.07) is 7.98. The van der Waals surface area contributed by atoms with E-state index in [0.717, 1.165) is 20.7 Å². The highest BCUT2D eigenvalue weighted by atomic mass is 32.1. The number of benzene rings is 1. The topological polar surface area (TPSA) is 55.1 Å². The molecule has 3 N–H and O–H groups in total. The van der Waals surface area contributed by atoms with Crippen molar-refractivity contribution >= 4 is 33.0 Å². The van der Waals surface area contributed by atoms with Gasteiger partial charge in [0.2, 0.25) is 0 Å². The molecule has 1 heterocycles. The molecule has 1 aromatic heterocycles. The second-order valence-corrected chi connectivity index (χ2v) is 6.80. The average molecular weight is 288 g/mol. The molecule has 0 aliphatic heterocycles. The first-order valence-electron chi connectivity index (χ1n) is 7.23. The molecule has 3 rings (SSSR count). The zero-order chi connectivity index (χ0) is 14.1.